The molecule has 5 unspecified atom stereocenters. The summed E-state index contributed by atoms with van der Waals surface area (Å²) in [6, 6.07) is 0. The number of aliphatic hydroxyl groups excluding tert-OH is 2. The van der Waals surface area contributed by atoms with Gasteiger partial charge in [-0.2, -0.15) is 0 Å². The zero-order valence-corrected chi connectivity index (χ0v) is 32.2. The molecule has 0 saturated heterocycles. The highest BCUT2D eigenvalue weighted by molar-refractivity contribution is 5.10. The van der Waals surface area contributed by atoms with Gasteiger partial charge in [0.25, 0.3) is 0 Å². The largest absolute Gasteiger partial charge is 0.495 e. The first-order valence-corrected chi connectivity index (χ1v) is 19.4. The van der Waals surface area contributed by atoms with E-state index >= 15 is 0 Å². The van der Waals surface area contributed by atoms with Gasteiger partial charge < -0.3 is 14.9 Å². The lowest BCUT2D eigenvalue weighted by Crippen LogP contribution is -2.54. The van der Waals surface area contributed by atoms with Crippen molar-refractivity contribution < 1.29 is 14.9 Å². The molecule has 3 nitrogen and oxygen atoms in total. The van der Waals surface area contributed by atoms with Crippen LogP contribution in [0, 0.1) is 68.5 Å². The number of rotatable bonds is 10. The third-order valence-electron chi connectivity index (χ3n) is 14.8. The first-order valence-electron chi connectivity index (χ1n) is 19.4. The van der Waals surface area contributed by atoms with Crippen LogP contribution in [0.15, 0.2) is 12.3 Å². The van der Waals surface area contributed by atoms with Crippen molar-refractivity contribution in [1.29, 1.82) is 0 Å². The maximum atomic E-state index is 9.15. The van der Waals surface area contributed by atoms with Gasteiger partial charge in [0.05, 0.1) is 25.1 Å². The van der Waals surface area contributed by atoms with Gasteiger partial charge in [0.1, 0.15) is 0 Å². The Morgan fingerprint density at radius 1 is 0.826 bits per heavy atom. The van der Waals surface area contributed by atoms with Crippen molar-refractivity contribution in [2.24, 2.45) is 68.5 Å². The molecule has 3 heteroatoms. The molecule has 0 aromatic carbocycles. The van der Waals surface area contributed by atoms with Crippen molar-refractivity contribution in [3.63, 3.8) is 0 Å². The van der Waals surface area contributed by atoms with E-state index in [4.69, 9.17) is 14.9 Å². The molecule has 0 spiro atoms. The summed E-state index contributed by atoms with van der Waals surface area (Å²) in [5.74, 6) is 7.55. The second kappa shape index (κ2) is 16.0. The van der Waals surface area contributed by atoms with E-state index in [1.165, 1.54) is 77.0 Å². The highest BCUT2D eigenvalue weighted by atomic mass is 16.5. The molecule has 4 rings (SSSR count). The van der Waals surface area contributed by atoms with Crippen molar-refractivity contribution in [2.75, 3.05) is 13.2 Å². The predicted molar refractivity (Wildman–Crippen MR) is 200 cm³/mol. The van der Waals surface area contributed by atoms with E-state index in [0.29, 0.717) is 16.9 Å². The van der Waals surface area contributed by atoms with E-state index in [1.807, 2.05) is 27.7 Å². The molecule has 4 saturated carbocycles. The SMILES string of the molecule is C.C=C(O[C@H]1CC[C@@]2(C)C(CCC3C2CC[C@@]2(C)C3CCC2[C@H](C)CCCC(C)C)C1)C(C)(C)C.CCC(CO)(CO)C(C)(C)C. The van der Waals surface area contributed by atoms with E-state index in [1.54, 1.807) is 0 Å². The Labute approximate surface area is 288 Å². The van der Waals surface area contributed by atoms with Crippen LogP contribution in [0.25, 0.3) is 0 Å². The average molecular weight is 647 g/mol. The van der Waals surface area contributed by atoms with Gasteiger partial charge in [0.2, 0.25) is 0 Å². The fourth-order valence-electron chi connectivity index (χ4n) is 11.0. The lowest BCUT2D eigenvalue weighted by Gasteiger charge is -2.61. The van der Waals surface area contributed by atoms with Crippen molar-refractivity contribution in [1.82, 2.24) is 0 Å². The molecule has 4 aliphatic carbocycles. The topological polar surface area (TPSA) is 49.7 Å². The maximum absolute atomic E-state index is 9.15. The van der Waals surface area contributed by atoms with Crippen LogP contribution in [0.1, 0.15) is 174 Å². The summed E-state index contributed by atoms with van der Waals surface area (Å²) < 4.78 is 6.46. The van der Waals surface area contributed by atoms with E-state index in [0.717, 1.165) is 53.6 Å². The van der Waals surface area contributed by atoms with Crippen molar-refractivity contribution in [2.45, 2.75) is 180 Å². The Balaban J connectivity index is 0.000000528. The summed E-state index contributed by atoms with van der Waals surface area (Å²) in [6.07, 6.45) is 18.4. The molecule has 272 valence electrons. The number of allylic oxidation sites excluding steroid dienone is 1. The molecular formula is C43H82O3. The van der Waals surface area contributed by atoms with E-state index in [9.17, 15) is 0 Å². The number of aliphatic hydroxyl groups is 2. The number of fused-ring (bicyclic) bond motifs is 5. The van der Waals surface area contributed by atoms with Crippen molar-refractivity contribution in [3.05, 3.63) is 12.3 Å². The fraction of sp³-hybridized carbons (Fsp3) is 0.953. The van der Waals surface area contributed by atoms with Crippen molar-refractivity contribution >= 4 is 0 Å². The second-order valence-corrected chi connectivity index (χ2v) is 19.6. The van der Waals surface area contributed by atoms with E-state index in [-0.39, 0.29) is 36.9 Å². The van der Waals surface area contributed by atoms with Crippen LogP contribution < -0.4 is 0 Å². The van der Waals surface area contributed by atoms with Gasteiger partial charge in [-0.3, -0.25) is 0 Å². The average Bonchev–Trinajstić information content (AvgIpc) is 3.30. The minimum absolute atomic E-state index is 0. The zero-order valence-electron chi connectivity index (χ0n) is 32.2. The molecule has 2 N–H and O–H groups in total. The number of hydrogen-bond acceptors (Lipinski definition) is 3. The molecule has 0 aliphatic heterocycles. The Bertz CT molecular complexity index is 926. The monoisotopic (exact) mass is 647 g/mol. The molecule has 9 atom stereocenters. The van der Waals surface area contributed by atoms with Crippen molar-refractivity contribution in [3.8, 4) is 0 Å². The van der Waals surface area contributed by atoms with Crippen LogP contribution in [0.2, 0.25) is 0 Å². The maximum Gasteiger partial charge on any atom is 0.0985 e. The zero-order chi connectivity index (χ0) is 34.0. The summed E-state index contributed by atoms with van der Waals surface area (Å²) in [5.41, 5.74) is 0.857. The van der Waals surface area contributed by atoms with Crippen LogP contribution >= 0.6 is 0 Å². The van der Waals surface area contributed by atoms with Crippen LogP contribution in [0.5, 0.6) is 0 Å². The summed E-state index contributed by atoms with van der Waals surface area (Å²) in [6.45, 7) is 32.0. The van der Waals surface area contributed by atoms with Crippen LogP contribution in [0.4, 0.5) is 0 Å². The molecule has 4 aliphatic rings. The third kappa shape index (κ3) is 8.60. The third-order valence-corrected chi connectivity index (χ3v) is 14.8. The van der Waals surface area contributed by atoms with Gasteiger partial charge in [0.15, 0.2) is 0 Å². The van der Waals surface area contributed by atoms with Gasteiger partial charge >= 0.3 is 0 Å². The van der Waals surface area contributed by atoms with E-state index < -0.39 is 0 Å². The van der Waals surface area contributed by atoms with Gasteiger partial charge in [-0.05, 0) is 122 Å². The van der Waals surface area contributed by atoms with Gasteiger partial charge in [0, 0.05) is 10.8 Å². The Morgan fingerprint density at radius 3 is 1.91 bits per heavy atom. The minimum Gasteiger partial charge on any atom is -0.495 e. The molecule has 0 aromatic rings. The first-order chi connectivity index (χ1) is 20.8. The van der Waals surface area contributed by atoms with Crippen LogP contribution in [0.3, 0.4) is 0 Å². The molecule has 0 heterocycles. The van der Waals surface area contributed by atoms with Gasteiger partial charge in [-0.25, -0.2) is 0 Å². The highest BCUT2D eigenvalue weighted by Crippen LogP contribution is 2.68. The quantitative estimate of drug-likeness (QED) is 0.232. The Kier molecular flexibility index (Phi) is 14.5. The van der Waals surface area contributed by atoms with E-state index in [2.05, 4.69) is 62.0 Å². The summed E-state index contributed by atoms with van der Waals surface area (Å²) in [7, 11) is 0. The summed E-state index contributed by atoms with van der Waals surface area (Å²) in [4.78, 5) is 0. The summed E-state index contributed by atoms with van der Waals surface area (Å²) >= 11 is 0. The highest BCUT2D eigenvalue weighted by Gasteiger charge is 2.60. The normalized spacial score (nSPS) is 35.1. The Hall–Kier alpha value is -0.540. The second-order valence-electron chi connectivity index (χ2n) is 19.6. The van der Waals surface area contributed by atoms with Crippen LogP contribution in [-0.4, -0.2) is 29.5 Å². The number of ether oxygens (including phenoxy) is 1. The smallest absolute Gasteiger partial charge is 0.0985 e. The Morgan fingerprint density at radius 2 is 1.41 bits per heavy atom. The molecule has 0 amide bonds. The fourth-order valence-corrected chi connectivity index (χ4v) is 11.0. The molecule has 0 aromatic heterocycles. The van der Waals surface area contributed by atoms with Gasteiger partial charge in [-0.15, -0.1) is 0 Å². The molecule has 0 bridgehead atoms. The molecular weight excluding hydrogens is 564 g/mol. The lowest BCUT2D eigenvalue weighted by atomic mass is 9.44. The summed E-state index contributed by atoms with van der Waals surface area (Å²) in [5, 5.41) is 18.3. The van der Waals surface area contributed by atoms with Gasteiger partial charge in [-0.1, -0.05) is 116 Å². The lowest BCUT2D eigenvalue weighted by molar-refractivity contribution is -0.133. The van der Waals surface area contributed by atoms with Crippen LogP contribution in [-0.2, 0) is 4.74 Å². The molecule has 0 radical (unpaired) electrons. The minimum atomic E-state index is -0.326. The molecule has 4 fully saturated rings. The molecule has 46 heavy (non-hydrogen) atoms. The standard InChI is InChI=1S/C33H58O.C9H20O2.CH4/c1-22(2)11-10-12-23(3)28-15-16-29-27-14-13-25-21-26(34-24(4)31(5,6)7)17-19-32(25,8)30(27)18-20-33(28,29)9;1-5-9(6-10,7-11)8(2,3)4;/h22-23,25-30H,4,10-21H2,1-3,5-9H3;10-11H,5-7H2,1-4H3;1H4/t23-,25?,26+,27?,28?,29?,30?,32+,33-;;/m1../s1. The predicted octanol–water partition coefficient (Wildman–Crippen LogP) is 12.1. The number of hydrogen-bond donors (Lipinski definition) is 2. The first kappa shape index (κ1) is 41.6.